The van der Waals surface area contributed by atoms with E-state index in [0.29, 0.717) is 39.6 Å². The first-order valence-electron chi connectivity index (χ1n) is 5.35. The highest BCUT2D eigenvalue weighted by Crippen LogP contribution is 1.81. The lowest BCUT2D eigenvalue weighted by Gasteiger charge is -2.10. The van der Waals surface area contributed by atoms with Crippen molar-refractivity contribution in [3.63, 3.8) is 0 Å². The quantitative estimate of drug-likeness (QED) is 0.454. The molecule has 0 aromatic carbocycles. The van der Waals surface area contributed by atoms with E-state index in [-0.39, 0.29) is 11.9 Å². The van der Waals surface area contributed by atoms with Crippen molar-refractivity contribution < 1.29 is 19.0 Å². The highest BCUT2D eigenvalue weighted by atomic mass is 16.5. The van der Waals surface area contributed by atoms with Crippen LogP contribution in [0.4, 0.5) is 0 Å². The van der Waals surface area contributed by atoms with Crippen LogP contribution < -0.4 is 11.1 Å². The van der Waals surface area contributed by atoms with Gasteiger partial charge in [0, 0.05) is 13.7 Å². The zero-order valence-electron chi connectivity index (χ0n) is 10.0. The molecule has 6 nitrogen and oxygen atoms in total. The molecule has 0 aliphatic heterocycles. The largest absolute Gasteiger partial charge is 0.382 e. The van der Waals surface area contributed by atoms with Crippen LogP contribution in [-0.2, 0) is 19.0 Å². The van der Waals surface area contributed by atoms with E-state index in [2.05, 4.69) is 5.32 Å². The van der Waals surface area contributed by atoms with Gasteiger partial charge in [-0.1, -0.05) is 0 Å². The number of amides is 1. The molecular weight excluding hydrogens is 212 g/mol. The first-order valence-corrected chi connectivity index (χ1v) is 5.35. The summed E-state index contributed by atoms with van der Waals surface area (Å²) in [6, 6.07) is -0.318. The van der Waals surface area contributed by atoms with Crippen LogP contribution in [0.15, 0.2) is 0 Å². The molecule has 1 atom stereocenters. The van der Waals surface area contributed by atoms with Gasteiger partial charge in [-0.25, -0.2) is 0 Å². The van der Waals surface area contributed by atoms with Crippen LogP contribution in [0.5, 0.6) is 0 Å². The molecule has 1 amide bonds. The third kappa shape index (κ3) is 9.85. The zero-order chi connectivity index (χ0) is 12.2. The topological polar surface area (TPSA) is 82.8 Å². The van der Waals surface area contributed by atoms with Gasteiger partial charge in [-0.2, -0.15) is 0 Å². The van der Waals surface area contributed by atoms with Crippen molar-refractivity contribution >= 4 is 5.91 Å². The van der Waals surface area contributed by atoms with Crippen LogP contribution in [0.2, 0.25) is 0 Å². The fourth-order valence-electron chi connectivity index (χ4n) is 0.912. The summed E-state index contributed by atoms with van der Waals surface area (Å²) in [5.74, 6) is -0.358. The predicted octanol–water partition coefficient (Wildman–Crippen LogP) is -0.871. The SMILES string of the molecule is COCCOCCOCCNC(C)C(N)=O. The monoisotopic (exact) mass is 234 g/mol. The number of carbonyl (C=O) groups excluding carboxylic acids is 1. The van der Waals surface area contributed by atoms with Crippen LogP contribution in [0, 0.1) is 0 Å². The van der Waals surface area contributed by atoms with Crippen molar-refractivity contribution in [2.45, 2.75) is 13.0 Å². The number of hydrogen-bond acceptors (Lipinski definition) is 5. The Kier molecular flexibility index (Phi) is 10.3. The maximum atomic E-state index is 10.7. The molecule has 0 aliphatic carbocycles. The number of ether oxygens (including phenoxy) is 3. The summed E-state index contributed by atoms with van der Waals surface area (Å²) < 4.78 is 15.3. The summed E-state index contributed by atoms with van der Waals surface area (Å²) in [5.41, 5.74) is 5.07. The van der Waals surface area contributed by atoms with Crippen molar-refractivity contribution in [2.75, 3.05) is 46.7 Å². The summed E-state index contributed by atoms with van der Waals surface area (Å²) in [6.45, 7) is 5.11. The number of rotatable bonds is 11. The zero-order valence-corrected chi connectivity index (χ0v) is 10.0. The first kappa shape index (κ1) is 15.3. The van der Waals surface area contributed by atoms with Crippen molar-refractivity contribution in [2.24, 2.45) is 5.73 Å². The molecule has 0 aliphatic rings. The fraction of sp³-hybridized carbons (Fsp3) is 0.900. The number of carbonyl (C=O) groups is 1. The van der Waals surface area contributed by atoms with E-state index in [1.807, 2.05) is 0 Å². The molecule has 0 spiro atoms. The van der Waals surface area contributed by atoms with E-state index in [4.69, 9.17) is 19.9 Å². The lowest BCUT2D eigenvalue weighted by molar-refractivity contribution is -0.119. The minimum Gasteiger partial charge on any atom is -0.382 e. The van der Waals surface area contributed by atoms with Crippen LogP contribution in [-0.4, -0.2) is 58.6 Å². The predicted molar refractivity (Wildman–Crippen MR) is 60.2 cm³/mol. The summed E-state index contributed by atoms with van der Waals surface area (Å²) in [7, 11) is 1.63. The number of hydrogen-bond donors (Lipinski definition) is 2. The second kappa shape index (κ2) is 10.8. The Morgan fingerprint density at radius 3 is 2.31 bits per heavy atom. The second-order valence-electron chi connectivity index (χ2n) is 3.30. The fourth-order valence-corrected chi connectivity index (χ4v) is 0.912. The standard InChI is InChI=1S/C10H22N2O4/c1-9(10(11)13)12-3-4-15-7-8-16-6-5-14-2/h9,12H,3-8H2,1-2H3,(H2,11,13). The molecule has 0 radical (unpaired) electrons. The summed E-state index contributed by atoms with van der Waals surface area (Å²) >= 11 is 0. The van der Waals surface area contributed by atoms with Crippen molar-refractivity contribution in [1.29, 1.82) is 0 Å². The lowest BCUT2D eigenvalue weighted by atomic mass is 10.3. The third-order valence-corrected chi connectivity index (χ3v) is 1.93. The maximum absolute atomic E-state index is 10.7. The average molecular weight is 234 g/mol. The number of nitrogens with two attached hydrogens (primary N) is 1. The van der Waals surface area contributed by atoms with E-state index in [1.54, 1.807) is 14.0 Å². The van der Waals surface area contributed by atoms with E-state index in [0.717, 1.165) is 0 Å². The first-order chi connectivity index (χ1) is 7.68. The number of methoxy groups -OCH3 is 1. The van der Waals surface area contributed by atoms with Crippen LogP contribution in [0.1, 0.15) is 6.92 Å². The summed E-state index contributed by atoms with van der Waals surface area (Å²) in [6.07, 6.45) is 0. The molecule has 16 heavy (non-hydrogen) atoms. The molecule has 0 bridgehead atoms. The molecule has 0 aromatic heterocycles. The van der Waals surface area contributed by atoms with E-state index < -0.39 is 0 Å². The van der Waals surface area contributed by atoms with Crippen LogP contribution in [0.3, 0.4) is 0 Å². The highest BCUT2D eigenvalue weighted by molar-refractivity contribution is 5.79. The molecule has 0 saturated carbocycles. The van der Waals surface area contributed by atoms with Gasteiger partial charge in [-0.15, -0.1) is 0 Å². The Morgan fingerprint density at radius 1 is 1.19 bits per heavy atom. The molecular formula is C10H22N2O4. The molecule has 3 N–H and O–H groups in total. The molecule has 0 saturated heterocycles. The van der Waals surface area contributed by atoms with Crippen molar-refractivity contribution in [1.82, 2.24) is 5.32 Å². The average Bonchev–Trinajstić information content (AvgIpc) is 2.26. The van der Waals surface area contributed by atoms with Gasteiger partial charge >= 0.3 is 0 Å². The Labute approximate surface area is 96.4 Å². The summed E-state index contributed by atoms with van der Waals surface area (Å²) in [4.78, 5) is 10.7. The molecule has 6 heteroatoms. The molecule has 0 rings (SSSR count). The minimum atomic E-state index is -0.358. The lowest BCUT2D eigenvalue weighted by Crippen LogP contribution is -2.40. The van der Waals surface area contributed by atoms with Crippen LogP contribution in [0.25, 0.3) is 0 Å². The Balaban J connectivity index is 3.07. The smallest absolute Gasteiger partial charge is 0.234 e. The van der Waals surface area contributed by atoms with Crippen molar-refractivity contribution in [3.05, 3.63) is 0 Å². The minimum absolute atomic E-state index is 0.318. The Morgan fingerprint density at radius 2 is 1.75 bits per heavy atom. The Hall–Kier alpha value is -0.690. The molecule has 0 fully saturated rings. The molecule has 0 heterocycles. The van der Waals surface area contributed by atoms with Gasteiger partial charge in [-0.3, -0.25) is 4.79 Å². The van der Waals surface area contributed by atoms with Gasteiger partial charge in [0.2, 0.25) is 5.91 Å². The van der Waals surface area contributed by atoms with Gasteiger partial charge in [0.05, 0.1) is 39.1 Å². The van der Waals surface area contributed by atoms with E-state index in [9.17, 15) is 4.79 Å². The second-order valence-corrected chi connectivity index (χ2v) is 3.30. The van der Waals surface area contributed by atoms with Crippen LogP contribution >= 0.6 is 0 Å². The molecule has 1 unspecified atom stereocenters. The number of primary amides is 1. The molecule has 0 aromatic rings. The third-order valence-electron chi connectivity index (χ3n) is 1.93. The summed E-state index contributed by atoms with van der Waals surface area (Å²) in [5, 5.41) is 2.93. The van der Waals surface area contributed by atoms with Gasteiger partial charge in [-0.05, 0) is 6.92 Å². The van der Waals surface area contributed by atoms with E-state index in [1.165, 1.54) is 0 Å². The van der Waals surface area contributed by atoms with Crippen molar-refractivity contribution in [3.8, 4) is 0 Å². The Bertz CT molecular complexity index is 178. The van der Waals surface area contributed by atoms with Gasteiger partial charge in [0.25, 0.3) is 0 Å². The molecule has 96 valence electrons. The normalized spacial score (nSPS) is 12.6. The highest BCUT2D eigenvalue weighted by Gasteiger charge is 2.05. The number of nitrogens with one attached hydrogen (secondary N) is 1. The maximum Gasteiger partial charge on any atom is 0.234 e. The van der Waals surface area contributed by atoms with Gasteiger partial charge in [0.15, 0.2) is 0 Å². The van der Waals surface area contributed by atoms with E-state index >= 15 is 0 Å². The van der Waals surface area contributed by atoms with Gasteiger partial charge < -0.3 is 25.3 Å². The van der Waals surface area contributed by atoms with Gasteiger partial charge in [0.1, 0.15) is 0 Å².